The maximum Gasteiger partial charge on any atom is 0.263 e. The second kappa shape index (κ2) is 5.07. The van der Waals surface area contributed by atoms with Crippen LogP contribution in [0.5, 0.6) is 0 Å². The molecule has 0 spiro atoms. The molecule has 20 heavy (non-hydrogen) atoms. The number of aliphatic hydroxyl groups excluding tert-OH is 1. The molecule has 2 aromatic rings. The Hall–Kier alpha value is -1.59. The number of nitrogens with one attached hydrogen (secondary N) is 1. The predicted molar refractivity (Wildman–Crippen MR) is 82.0 cm³/mol. The van der Waals surface area contributed by atoms with Crippen LogP contribution in [-0.2, 0) is 0 Å². The van der Waals surface area contributed by atoms with Crippen molar-refractivity contribution >= 4 is 33.0 Å². The van der Waals surface area contributed by atoms with E-state index in [9.17, 15) is 9.90 Å². The van der Waals surface area contributed by atoms with E-state index in [1.807, 2.05) is 25.1 Å². The van der Waals surface area contributed by atoms with Gasteiger partial charge in [-0.2, -0.15) is 0 Å². The fourth-order valence-corrected chi connectivity index (χ4v) is 3.74. The number of nitrogens with two attached hydrogens (primary N) is 1. The van der Waals surface area contributed by atoms with E-state index in [1.54, 1.807) is 0 Å². The molecule has 0 saturated heterocycles. The molecule has 0 atom stereocenters. The quantitative estimate of drug-likeness (QED) is 0.812. The number of amides is 1. The number of hydrogen-bond acceptors (Lipinski definition) is 4. The lowest BCUT2D eigenvalue weighted by atomic mass is 9.82. The van der Waals surface area contributed by atoms with Crippen LogP contribution in [0.4, 0.5) is 5.69 Å². The van der Waals surface area contributed by atoms with Crippen molar-refractivity contribution in [1.29, 1.82) is 0 Å². The lowest BCUT2D eigenvalue weighted by Gasteiger charge is -2.31. The predicted octanol–water partition coefficient (Wildman–Crippen LogP) is 2.29. The highest BCUT2D eigenvalue weighted by Gasteiger charge is 2.27. The van der Waals surface area contributed by atoms with E-state index in [0.717, 1.165) is 28.5 Å². The van der Waals surface area contributed by atoms with Crippen LogP contribution in [0.1, 0.15) is 28.1 Å². The number of aliphatic hydroxyl groups is 1. The summed E-state index contributed by atoms with van der Waals surface area (Å²) in [5.74, 6) is 0.288. The number of nitrogen functional groups attached to an aromatic ring is 1. The van der Waals surface area contributed by atoms with Crippen LogP contribution in [0.3, 0.4) is 0 Å². The van der Waals surface area contributed by atoms with Gasteiger partial charge in [-0.25, -0.2) is 0 Å². The normalized spacial score (nSPS) is 21.7. The van der Waals surface area contributed by atoms with Gasteiger partial charge in [-0.1, -0.05) is 18.2 Å². The highest BCUT2D eigenvalue weighted by Crippen LogP contribution is 2.35. The molecule has 1 aliphatic carbocycles. The molecule has 5 heteroatoms. The number of carbonyl (C=O) groups is 1. The molecule has 0 unspecified atom stereocenters. The van der Waals surface area contributed by atoms with Crippen molar-refractivity contribution in [3.05, 3.63) is 28.6 Å². The van der Waals surface area contributed by atoms with Crippen LogP contribution < -0.4 is 11.1 Å². The molecule has 1 aliphatic rings. The van der Waals surface area contributed by atoms with E-state index < -0.39 is 0 Å². The van der Waals surface area contributed by atoms with Crippen LogP contribution in [0, 0.1) is 12.8 Å². The standard InChI is InChI=1S/C15H18N2O2S/c1-8-3-2-4-11-12(16)14(20-13(8)11)15(19)17-7-9-5-10(18)6-9/h2-4,9-10,18H,5-7,16H2,1H3,(H,17,19). The zero-order valence-corrected chi connectivity index (χ0v) is 12.2. The minimum absolute atomic E-state index is 0.107. The number of thiophene rings is 1. The summed E-state index contributed by atoms with van der Waals surface area (Å²) in [6.07, 6.45) is 1.37. The number of anilines is 1. The lowest BCUT2D eigenvalue weighted by Crippen LogP contribution is -2.38. The molecule has 3 rings (SSSR count). The number of fused-ring (bicyclic) bond motifs is 1. The Balaban J connectivity index is 1.77. The largest absolute Gasteiger partial charge is 0.397 e. The lowest BCUT2D eigenvalue weighted by molar-refractivity contribution is 0.0420. The van der Waals surface area contributed by atoms with Crippen LogP contribution in [0.2, 0.25) is 0 Å². The molecule has 1 saturated carbocycles. The molecule has 4 N–H and O–H groups in total. The summed E-state index contributed by atoms with van der Waals surface area (Å²) in [7, 11) is 0. The van der Waals surface area contributed by atoms with E-state index in [1.165, 1.54) is 11.3 Å². The summed E-state index contributed by atoms with van der Waals surface area (Å²) >= 11 is 1.45. The fraction of sp³-hybridized carbons (Fsp3) is 0.400. The molecule has 106 valence electrons. The zero-order valence-electron chi connectivity index (χ0n) is 11.3. The van der Waals surface area contributed by atoms with Crippen molar-refractivity contribution in [2.75, 3.05) is 12.3 Å². The number of aryl methyl sites for hydroxylation is 1. The van der Waals surface area contributed by atoms with Gasteiger partial charge < -0.3 is 16.2 Å². The van der Waals surface area contributed by atoms with E-state index in [-0.39, 0.29) is 12.0 Å². The Morgan fingerprint density at radius 3 is 2.90 bits per heavy atom. The SMILES string of the molecule is Cc1cccc2c(N)c(C(=O)NCC3CC(O)C3)sc12. The smallest absolute Gasteiger partial charge is 0.263 e. The second-order valence-corrected chi connectivity index (χ2v) is 6.52. The van der Waals surface area contributed by atoms with Gasteiger partial charge in [0.05, 0.1) is 11.8 Å². The highest BCUT2D eigenvalue weighted by molar-refractivity contribution is 7.21. The van der Waals surface area contributed by atoms with E-state index in [2.05, 4.69) is 5.32 Å². The molecule has 4 nitrogen and oxygen atoms in total. The Kier molecular flexibility index (Phi) is 3.40. The first-order valence-electron chi connectivity index (χ1n) is 6.80. The summed E-state index contributed by atoms with van der Waals surface area (Å²) in [5.41, 5.74) is 7.80. The van der Waals surface area contributed by atoms with Gasteiger partial charge in [-0.15, -0.1) is 11.3 Å². The van der Waals surface area contributed by atoms with Crippen LogP contribution in [0.15, 0.2) is 18.2 Å². The van der Waals surface area contributed by atoms with Crippen molar-refractivity contribution in [1.82, 2.24) is 5.32 Å². The van der Waals surface area contributed by atoms with Crippen LogP contribution in [0.25, 0.3) is 10.1 Å². The topological polar surface area (TPSA) is 75.4 Å². The average molecular weight is 290 g/mol. The van der Waals surface area contributed by atoms with Gasteiger partial charge in [0.2, 0.25) is 0 Å². The summed E-state index contributed by atoms with van der Waals surface area (Å²) in [5, 5.41) is 13.1. The van der Waals surface area contributed by atoms with Gasteiger partial charge in [0, 0.05) is 16.6 Å². The summed E-state index contributed by atoms with van der Waals surface area (Å²) in [4.78, 5) is 12.8. The summed E-state index contributed by atoms with van der Waals surface area (Å²) in [6.45, 7) is 2.64. The number of rotatable bonds is 3. The molecule has 1 amide bonds. The Bertz CT molecular complexity index is 659. The molecule has 0 radical (unpaired) electrons. The first-order chi connectivity index (χ1) is 9.56. The Morgan fingerprint density at radius 2 is 2.25 bits per heavy atom. The molecular formula is C15H18N2O2S. The third-order valence-electron chi connectivity index (χ3n) is 3.92. The van der Waals surface area contributed by atoms with E-state index in [0.29, 0.717) is 23.0 Å². The maximum absolute atomic E-state index is 12.2. The monoisotopic (exact) mass is 290 g/mol. The van der Waals surface area contributed by atoms with Crippen molar-refractivity contribution in [2.24, 2.45) is 5.92 Å². The molecule has 0 bridgehead atoms. The number of benzene rings is 1. The Labute approximate surface area is 121 Å². The van der Waals surface area contributed by atoms with E-state index in [4.69, 9.17) is 5.73 Å². The maximum atomic E-state index is 12.2. The van der Waals surface area contributed by atoms with Crippen LogP contribution in [-0.4, -0.2) is 23.7 Å². The molecule has 0 aliphatic heterocycles. The van der Waals surface area contributed by atoms with Gasteiger partial charge >= 0.3 is 0 Å². The third kappa shape index (κ3) is 2.27. The van der Waals surface area contributed by atoms with Crippen molar-refractivity contribution in [3.8, 4) is 0 Å². The van der Waals surface area contributed by atoms with Gasteiger partial charge in [0.25, 0.3) is 5.91 Å². The van der Waals surface area contributed by atoms with Crippen molar-refractivity contribution in [3.63, 3.8) is 0 Å². The summed E-state index contributed by atoms with van der Waals surface area (Å²) in [6, 6.07) is 5.93. The number of carbonyl (C=O) groups excluding carboxylic acids is 1. The molecular weight excluding hydrogens is 272 g/mol. The molecule has 1 aromatic heterocycles. The average Bonchev–Trinajstić information content (AvgIpc) is 2.72. The van der Waals surface area contributed by atoms with E-state index >= 15 is 0 Å². The first kappa shape index (κ1) is 13.4. The van der Waals surface area contributed by atoms with Gasteiger partial charge in [-0.3, -0.25) is 4.79 Å². The molecule has 1 fully saturated rings. The zero-order chi connectivity index (χ0) is 14.3. The van der Waals surface area contributed by atoms with Gasteiger partial charge in [-0.05, 0) is 31.2 Å². The molecule has 1 aromatic carbocycles. The highest BCUT2D eigenvalue weighted by atomic mass is 32.1. The Morgan fingerprint density at radius 1 is 1.50 bits per heavy atom. The minimum atomic E-state index is -0.186. The molecule has 1 heterocycles. The number of hydrogen-bond donors (Lipinski definition) is 3. The van der Waals surface area contributed by atoms with Gasteiger partial charge in [0.15, 0.2) is 0 Å². The van der Waals surface area contributed by atoms with Crippen LogP contribution >= 0.6 is 11.3 Å². The van der Waals surface area contributed by atoms with Crippen molar-refractivity contribution in [2.45, 2.75) is 25.9 Å². The fourth-order valence-electron chi connectivity index (χ4n) is 2.63. The minimum Gasteiger partial charge on any atom is -0.397 e. The summed E-state index contributed by atoms with van der Waals surface area (Å²) < 4.78 is 1.08. The second-order valence-electron chi connectivity index (χ2n) is 5.50. The van der Waals surface area contributed by atoms with Crippen molar-refractivity contribution < 1.29 is 9.90 Å². The third-order valence-corrected chi connectivity index (χ3v) is 5.27. The first-order valence-corrected chi connectivity index (χ1v) is 7.61. The van der Waals surface area contributed by atoms with Gasteiger partial charge in [0.1, 0.15) is 4.88 Å².